The Kier molecular flexibility index (Phi) is 4.38. The smallest absolute Gasteiger partial charge is 0.257 e. The van der Waals surface area contributed by atoms with E-state index in [0.29, 0.717) is 24.3 Å². The summed E-state index contributed by atoms with van der Waals surface area (Å²) >= 11 is 7.82. The Morgan fingerprint density at radius 3 is 2.77 bits per heavy atom. The predicted molar refractivity (Wildman–Crippen MR) is 107 cm³/mol. The second-order valence-electron chi connectivity index (χ2n) is 6.03. The van der Waals surface area contributed by atoms with Crippen molar-refractivity contribution in [2.75, 3.05) is 21.9 Å². The van der Waals surface area contributed by atoms with Crippen LogP contribution in [0.3, 0.4) is 0 Å². The number of halogens is 1. The Morgan fingerprint density at radius 2 is 2.00 bits per heavy atom. The molecule has 0 radical (unpaired) electrons. The first-order chi connectivity index (χ1) is 12.4. The molecule has 134 valence electrons. The first kappa shape index (κ1) is 17.3. The van der Waals surface area contributed by atoms with Gasteiger partial charge in [-0.05, 0) is 59.7 Å². The summed E-state index contributed by atoms with van der Waals surface area (Å²) in [5.41, 5.74) is 1.37. The van der Waals surface area contributed by atoms with Gasteiger partial charge < -0.3 is 5.32 Å². The third-order valence-electron chi connectivity index (χ3n) is 4.29. The van der Waals surface area contributed by atoms with Gasteiger partial charge in [0.1, 0.15) is 0 Å². The molecule has 5 nitrogen and oxygen atoms in total. The Hall–Kier alpha value is -2.09. The van der Waals surface area contributed by atoms with Gasteiger partial charge >= 0.3 is 0 Å². The number of rotatable bonds is 3. The number of nitrogens with one attached hydrogen (secondary N) is 1. The highest BCUT2D eigenvalue weighted by atomic mass is 35.5. The normalized spacial score (nSPS) is 16.1. The number of benzene rings is 2. The number of sulfonamides is 1. The number of thiophene rings is 1. The van der Waals surface area contributed by atoms with Crippen LogP contribution in [0.15, 0.2) is 47.8 Å². The van der Waals surface area contributed by atoms with Gasteiger partial charge in [-0.25, -0.2) is 8.42 Å². The fraction of sp³-hybridized carbons (Fsp3) is 0.167. The lowest BCUT2D eigenvalue weighted by atomic mass is 10.1. The van der Waals surface area contributed by atoms with Crippen LogP contribution in [0.5, 0.6) is 0 Å². The predicted octanol–water partition coefficient (Wildman–Crippen LogP) is 4.35. The monoisotopic (exact) mass is 406 g/mol. The van der Waals surface area contributed by atoms with Crippen LogP contribution in [0.4, 0.5) is 11.4 Å². The third-order valence-corrected chi connectivity index (χ3v) is 7.39. The zero-order valence-electron chi connectivity index (χ0n) is 13.6. The second kappa shape index (κ2) is 6.57. The Bertz CT molecular complexity index is 1110. The molecule has 1 aromatic heterocycles. The van der Waals surface area contributed by atoms with E-state index < -0.39 is 10.0 Å². The van der Waals surface area contributed by atoms with Crippen molar-refractivity contribution in [2.45, 2.75) is 6.42 Å². The summed E-state index contributed by atoms with van der Waals surface area (Å²) < 4.78 is 26.7. The number of anilines is 2. The van der Waals surface area contributed by atoms with E-state index >= 15 is 0 Å². The first-order valence-corrected chi connectivity index (χ1v) is 10.9. The summed E-state index contributed by atoms with van der Waals surface area (Å²) in [7, 11) is -3.31. The maximum Gasteiger partial charge on any atom is 0.257 e. The molecule has 0 unspecified atom stereocenters. The van der Waals surface area contributed by atoms with Crippen molar-refractivity contribution < 1.29 is 13.2 Å². The van der Waals surface area contributed by atoms with Crippen LogP contribution in [0.25, 0.3) is 10.1 Å². The molecule has 8 heteroatoms. The minimum absolute atomic E-state index is 0.123. The second-order valence-corrected chi connectivity index (χ2v) is 9.40. The summed E-state index contributed by atoms with van der Waals surface area (Å²) in [6.07, 6.45) is 0.577. The van der Waals surface area contributed by atoms with E-state index in [2.05, 4.69) is 5.32 Å². The maximum atomic E-state index is 12.7. The number of fused-ring (bicyclic) bond motifs is 1. The highest BCUT2D eigenvalue weighted by molar-refractivity contribution is 7.93. The Balaban J connectivity index is 1.63. The van der Waals surface area contributed by atoms with E-state index in [1.807, 2.05) is 29.6 Å². The minimum atomic E-state index is -3.31. The number of nitrogens with zero attached hydrogens (tertiary/aromatic N) is 1. The molecule has 4 rings (SSSR count). The first-order valence-electron chi connectivity index (χ1n) is 8.03. The molecule has 1 amide bonds. The molecule has 3 aromatic rings. The van der Waals surface area contributed by atoms with Crippen molar-refractivity contribution in [3.05, 3.63) is 58.4 Å². The molecular formula is C18H15ClN2O3S2. The van der Waals surface area contributed by atoms with Gasteiger partial charge in [-0.1, -0.05) is 11.6 Å². The molecule has 1 aliphatic rings. The summed E-state index contributed by atoms with van der Waals surface area (Å²) in [6, 6.07) is 12.4. The van der Waals surface area contributed by atoms with E-state index in [1.54, 1.807) is 23.5 Å². The van der Waals surface area contributed by atoms with Crippen molar-refractivity contribution in [3.8, 4) is 0 Å². The molecule has 26 heavy (non-hydrogen) atoms. The van der Waals surface area contributed by atoms with Crippen molar-refractivity contribution in [1.29, 1.82) is 0 Å². The highest BCUT2D eigenvalue weighted by Gasteiger charge is 2.29. The van der Waals surface area contributed by atoms with E-state index in [4.69, 9.17) is 11.6 Å². The van der Waals surface area contributed by atoms with Crippen LogP contribution in [-0.2, 0) is 10.0 Å². The maximum absolute atomic E-state index is 12.7. The molecule has 0 saturated carbocycles. The van der Waals surface area contributed by atoms with Gasteiger partial charge in [0.15, 0.2) is 0 Å². The quantitative estimate of drug-likeness (QED) is 0.703. The zero-order chi connectivity index (χ0) is 18.3. The summed E-state index contributed by atoms with van der Waals surface area (Å²) in [5.74, 6) is -0.249. The Labute approximate surface area is 160 Å². The van der Waals surface area contributed by atoms with Crippen LogP contribution in [0.2, 0.25) is 5.02 Å². The van der Waals surface area contributed by atoms with Crippen LogP contribution in [0, 0.1) is 0 Å². The SMILES string of the molecule is O=C(Nc1ccc2sccc2c1)c1cc(N2CCCS2(=O)=O)ccc1Cl. The standard InChI is InChI=1S/C18H15ClN2O3S2/c19-16-4-3-14(21-7-1-9-26(21,23)24)11-15(16)18(22)20-13-2-5-17-12(10-13)6-8-25-17/h2-6,8,10-11H,1,7,9H2,(H,20,22). The number of carbonyl (C=O) groups excluding carboxylic acids is 1. The van der Waals surface area contributed by atoms with Gasteiger partial charge in [0, 0.05) is 16.9 Å². The van der Waals surface area contributed by atoms with E-state index in [0.717, 1.165) is 10.1 Å². The minimum Gasteiger partial charge on any atom is -0.322 e. The van der Waals surface area contributed by atoms with Gasteiger partial charge in [-0.15, -0.1) is 11.3 Å². The molecule has 0 aliphatic carbocycles. The van der Waals surface area contributed by atoms with E-state index in [9.17, 15) is 13.2 Å². The average Bonchev–Trinajstić information content (AvgIpc) is 3.20. The molecule has 1 fully saturated rings. The molecule has 0 spiro atoms. The van der Waals surface area contributed by atoms with E-state index in [-0.39, 0.29) is 22.2 Å². The fourth-order valence-electron chi connectivity index (χ4n) is 3.01. The van der Waals surface area contributed by atoms with Crippen LogP contribution < -0.4 is 9.62 Å². The number of amides is 1. The lowest BCUT2D eigenvalue weighted by Gasteiger charge is -2.18. The molecule has 2 aromatic carbocycles. The van der Waals surface area contributed by atoms with Crippen LogP contribution in [-0.4, -0.2) is 26.6 Å². The van der Waals surface area contributed by atoms with Gasteiger partial charge in [-0.3, -0.25) is 9.10 Å². The highest BCUT2D eigenvalue weighted by Crippen LogP contribution is 2.29. The summed E-state index contributed by atoms with van der Waals surface area (Å²) in [4.78, 5) is 12.7. The van der Waals surface area contributed by atoms with Crippen LogP contribution in [0.1, 0.15) is 16.8 Å². The summed E-state index contributed by atoms with van der Waals surface area (Å²) in [6.45, 7) is 0.417. The molecular weight excluding hydrogens is 392 g/mol. The van der Waals surface area contributed by atoms with Gasteiger partial charge in [0.2, 0.25) is 10.0 Å². The third kappa shape index (κ3) is 3.18. The molecule has 1 aliphatic heterocycles. The Morgan fingerprint density at radius 1 is 1.15 bits per heavy atom. The van der Waals surface area contributed by atoms with Crippen molar-refractivity contribution in [2.24, 2.45) is 0 Å². The molecule has 0 bridgehead atoms. The molecule has 1 saturated heterocycles. The average molecular weight is 407 g/mol. The number of hydrogen-bond acceptors (Lipinski definition) is 4. The molecule has 1 N–H and O–H groups in total. The molecule has 2 heterocycles. The number of carbonyl (C=O) groups is 1. The van der Waals surface area contributed by atoms with Crippen LogP contribution >= 0.6 is 22.9 Å². The topological polar surface area (TPSA) is 66.5 Å². The largest absolute Gasteiger partial charge is 0.322 e. The lowest BCUT2D eigenvalue weighted by Crippen LogP contribution is -2.25. The van der Waals surface area contributed by atoms with Gasteiger partial charge in [0.25, 0.3) is 5.91 Å². The lowest BCUT2D eigenvalue weighted by molar-refractivity contribution is 0.102. The van der Waals surface area contributed by atoms with Gasteiger partial charge in [-0.2, -0.15) is 0 Å². The molecule has 0 atom stereocenters. The van der Waals surface area contributed by atoms with Crippen molar-refractivity contribution in [3.63, 3.8) is 0 Å². The number of hydrogen-bond donors (Lipinski definition) is 1. The van der Waals surface area contributed by atoms with Crippen molar-refractivity contribution in [1.82, 2.24) is 0 Å². The van der Waals surface area contributed by atoms with E-state index in [1.165, 1.54) is 10.4 Å². The fourth-order valence-corrected chi connectivity index (χ4v) is 5.55. The van der Waals surface area contributed by atoms with Gasteiger partial charge in [0.05, 0.1) is 22.0 Å². The zero-order valence-corrected chi connectivity index (χ0v) is 16.0. The summed E-state index contributed by atoms with van der Waals surface area (Å²) in [5, 5.41) is 6.15. The van der Waals surface area contributed by atoms with Crippen molar-refractivity contribution >= 4 is 60.3 Å².